The van der Waals surface area contributed by atoms with Gasteiger partial charge in [-0.25, -0.2) is 28.9 Å². The Balaban J connectivity index is 1.48. The lowest BCUT2D eigenvalue weighted by Crippen LogP contribution is -2.15. The number of carbonyl (C=O) groups is 1. The molecule has 0 aliphatic carbocycles. The molecule has 0 bridgehead atoms. The number of sulfone groups is 1. The van der Waals surface area contributed by atoms with Crippen LogP contribution in [0.15, 0.2) is 85.6 Å². The SMILES string of the molecule is O=C(Nc1ccc2c(O)c(N=Nc3ccc(S(=O)(=O)CCOSOOO)cc3)c(SOOO)cc2c1S(=O)(=O)O)c1ccc2nc(Cl)c(Cl)nc2c1. The summed E-state index contributed by atoms with van der Waals surface area (Å²) in [6, 6.07) is 12.6. The second-order valence-corrected chi connectivity index (χ2v) is 15.3. The molecule has 0 saturated carbocycles. The number of amides is 1. The maximum atomic E-state index is 13.2. The molecule has 1 amide bonds. The van der Waals surface area contributed by atoms with E-state index in [-0.39, 0.29) is 84.3 Å². The lowest BCUT2D eigenvalue weighted by atomic mass is 10.1. The van der Waals surface area contributed by atoms with Gasteiger partial charge in [0.25, 0.3) is 16.0 Å². The summed E-state index contributed by atoms with van der Waals surface area (Å²) in [5.41, 5.74) is -0.0816. The molecule has 4 aromatic carbocycles. The van der Waals surface area contributed by atoms with Gasteiger partial charge in [-0.3, -0.25) is 13.5 Å². The average molecular weight is 837 g/mol. The molecule has 5 rings (SSSR count). The molecule has 0 aliphatic heterocycles. The first-order chi connectivity index (χ1) is 24.7. The van der Waals surface area contributed by atoms with Gasteiger partial charge >= 0.3 is 0 Å². The van der Waals surface area contributed by atoms with Gasteiger partial charge in [-0.15, -0.1) is 13.8 Å². The highest BCUT2D eigenvalue weighted by molar-refractivity contribution is 7.94. The van der Waals surface area contributed by atoms with Crippen molar-refractivity contribution in [2.75, 3.05) is 17.7 Å². The molecule has 0 radical (unpaired) electrons. The first-order valence-electron chi connectivity index (χ1n) is 13.6. The molecule has 19 nitrogen and oxygen atoms in total. The highest BCUT2D eigenvalue weighted by Crippen LogP contribution is 2.46. The number of aromatic hydroxyl groups is 1. The second-order valence-electron chi connectivity index (χ2n) is 9.82. The number of azo groups is 1. The number of benzene rings is 4. The predicted molar refractivity (Wildman–Crippen MR) is 185 cm³/mol. The van der Waals surface area contributed by atoms with Crippen molar-refractivity contribution >= 4 is 112 Å². The van der Waals surface area contributed by atoms with Gasteiger partial charge in [0.05, 0.1) is 56.6 Å². The Morgan fingerprint density at radius 3 is 2.23 bits per heavy atom. The smallest absolute Gasteiger partial charge is 0.297 e. The van der Waals surface area contributed by atoms with E-state index in [9.17, 15) is 31.3 Å². The number of carbonyl (C=O) groups excluding carboxylic acids is 1. The third-order valence-electron chi connectivity index (χ3n) is 6.69. The molecule has 5 aromatic rings. The molecular formula is C27H19Cl2N5O14S4. The van der Waals surface area contributed by atoms with Crippen molar-refractivity contribution < 1.29 is 64.7 Å². The van der Waals surface area contributed by atoms with Crippen LogP contribution in [-0.4, -0.2) is 65.2 Å². The maximum absolute atomic E-state index is 13.2. The van der Waals surface area contributed by atoms with Crippen LogP contribution in [0.2, 0.25) is 10.3 Å². The molecule has 274 valence electrons. The fourth-order valence-corrected chi connectivity index (χ4v) is 7.49. The summed E-state index contributed by atoms with van der Waals surface area (Å²) in [5, 5.41) is 44.8. The van der Waals surface area contributed by atoms with Crippen LogP contribution < -0.4 is 5.32 Å². The van der Waals surface area contributed by atoms with E-state index >= 15 is 0 Å². The van der Waals surface area contributed by atoms with E-state index in [1.54, 1.807) is 0 Å². The fraction of sp³-hybridized carbons (Fsp3) is 0.0741. The van der Waals surface area contributed by atoms with Crippen molar-refractivity contribution in [3.05, 3.63) is 76.5 Å². The summed E-state index contributed by atoms with van der Waals surface area (Å²) < 4.78 is 74.1. The normalized spacial score (nSPS) is 12.2. The molecule has 5 N–H and O–H groups in total. The van der Waals surface area contributed by atoms with Crippen molar-refractivity contribution in [2.45, 2.75) is 14.7 Å². The second kappa shape index (κ2) is 16.9. The minimum absolute atomic E-state index is 0.00329. The molecule has 0 aliphatic rings. The topological polar surface area (TPSA) is 275 Å². The number of aromatic nitrogens is 2. The first-order valence-corrected chi connectivity index (χ1v) is 18.9. The number of hydrogen-bond acceptors (Lipinski definition) is 19. The minimum Gasteiger partial charge on any atom is -0.505 e. The van der Waals surface area contributed by atoms with Crippen LogP contribution in [0.1, 0.15) is 10.4 Å². The standard InChI is InChI=1S/C27H19Cl2N5O14S4/c28-25-26(29)31-20-11-13(1-7-18(20)30-25)27(36)32-19-8-6-16-17(24(19)52(41,42)43)12-21(49-47-45-37)22(23(16)35)34-33-14-2-4-15(5-3-14)51(39,40)10-9-44-50-48-46-38/h1-8,11-12,35,37-38H,9-10H2,(H,32,36)(H,41,42,43). The van der Waals surface area contributed by atoms with Crippen LogP contribution >= 0.6 is 47.6 Å². The molecule has 1 aromatic heterocycles. The summed E-state index contributed by atoms with van der Waals surface area (Å²) in [5.74, 6) is -1.95. The molecule has 0 unspecified atom stereocenters. The minimum atomic E-state index is -5.13. The van der Waals surface area contributed by atoms with Gasteiger partial charge in [-0.2, -0.15) is 13.5 Å². The Morgan fingerprint density at radius 1 is 0.865 bits per heavy atom. The summed E-state index contributed by atoms with van der Waals surface area (Å²) in [6.45, 7) is -0.307. The highest BCUT2D eigenvalue weighted by Gasteiger charge is 2.26. The molecule has 0 fully saturated rings. The van der Waals surface area contributed by atoms with E-state index in [0.717, 1.165) is 12.1 Å². The van der Waals surface area contributed by atoms with Crippen LogP contribution in [0.25, 0.3) is 21.8 Å². The third-order valence-corrected chi connectivity index (χ3v) is 11.0. The monoisotopic (exact) mass is 835 g/mol. The molecule has 0 spiro atoms. The number of halogens is 2. The molecule has 52 heavy (non-hydrogen) atoms. The van der Waals surface area contributed by atoms with Crippen LogP contribution in [0.3, 0.4) is 0 Å². The van der Waals surface area contributed by atoms with E-state index in [1.165, 1.54) is 48.5 Å². The Bertz CT molecular complexity index is 2410. The Kier molecular flexibility index (Phi) is 12.8. The number of nitrogens with one attached hydrogen (secondary N) is 1. The number of phenolic OH excluding ortho intramolecular Hbond substituents is 1. The molecule has 0 atom stereocenters. The molecule has 0 saturated heterocycles. The number of fused-ring (bicyclic) bond motifs is 2. The zero-order chi connectivity index (χ0) is 37.6. The number of anilines is 1. The quantitative estimate of drug-likeness (QED) is 0.0179. The van der Waals surface area contributed by atoms with Crippen LogP contribution in [0.4, 0.5) is 17.1 Å². The Hall–Kier alpha value is -3.79. The van der Waals surface area contributed by atoms with Gasteiger partial charge < -0.3 is 10.4 Å². The van der Waals surface area contributed by atoms with Crippen LogP contribution in [0.5, 0.6) is 5.75 Å². The van der Waals surface area contributed by atoms with E-state index in [1.807, 2.05) is 0 Å². The molecule has 25 heteroatoms. The molecular weight excluding hydrogens is 817 g/mol. The van der Waals surface area contributed by atoms with E-state index in [4.69, 9.17) is 37.9 Å². The van der Waals surface area contributed by atoms with Gasteiger partial charge in [0.1, 0.15) is 10.6 Å². The van der Waals surface area contributed by atoms with Crippen molar-refractivity contribution in [3.63, 3.8) is 0 Å². The van der Waals surface area contributed by atoms with Crippen molar-refractivity contribution in [1.82, 2.24) is 9.97 Å². The number of nitrogens with zero attached hydrogens (tertiary/aromatic N) is 4. The summed E-state index contributed by atoms with van der Waals surface area (Å²) in [4.78, 5) is 20.2. The summed E-state index contributed by atoms with van der Waals surface area (Å²) in [6.07, 6.45) is 0. The van der Waals surface area contributed by atoms with Crippen LogP contribution in [-0.2, 0) is 42.9 Å². The zero-order valence-electron chi connectivity index (χ0n) is 25.2. The zero-order valence-corrected chi connectivity index (χ0v) is 30.0. The molecule has 1 heterocycles. The van der Waals surface area contributed by atoms with Gasteiger partial charge in [-0.05, 0) is 60.7 Å². The van der Waals surface area contributed by atoms with Crippen molar-refractivity contribution in [2.24, 2.45) is 10.2 Å². The first kappa shape index (κ1) is 39.4. The lowest BCUT2D eigenvalue weighted by Gasteiger charge is -2.15. The number of hydrogen-bond donors (Lipinski definition) is 5. The van der Waals surface area contributed by atoms with E-state index in [2.05, 4.69) is 44.3 Å². The van der Waals surface area contributed by atoms with Gasteiger partial charge in [-0.1, -0.05) is 33.3 Å². The number of rotatable bonds is 15. The average Bonchev–Trinajstić information content (AvgIpc) is 3.10. The van der Waals surface area contributed by atoms with E-state index in [0.29, 0.717) is 5.52 Å². The number of phenols is 1. The Labute approximate surface area is 310 Å². The third kappa shape index (κ3) is 9.22. The summed E-state index contributed by atoms with van der Waals surface area (Å²) in [7, 11) is -8.94. The van der Waals surface area contributed by atoms with Gasteiger partial charge in [0.15, 0.2) is 38.2 Å². The maximum Gasteiger partial charge on any atom is 0.297 e. The highest BCUT2D eigenvalue weighted by atomic mass is 35.5. The largest absolute Gasteiger partial charge is 0.505 e. The van der Waals surface area contributed by atoms with E-state index < -0.39 is 47.9 Å². The van der Waals surface area contributed by atoms with Crippen LogP contribution in [0, 0.1) is 0 Å². The lowest BCUT2D eigenvalue weighted by molar-refractivity contribution is -0.434. The fourth-order valence-electron chi connectivity index (χ4n) is 4.48. The Morgan fingerprint density at radius 2 is 1.56 bits per heavy atom. The van der Waals surface area contributed by atoms with Crippen molar-refractivity contribution in [1.29, 1.82) is 0 Å². The predicted octanol–water partition coefficient (Wildman–Crippen LogP) is 6.91. The van der Waals surface area contributed by atoms with Crippen molar-refractivity contribution in [3.8, 4) is 5.75 Å². The van der Waals surface area contributed by atoms with Gasteiger partial charge in [0, 0.05) is 16.3 Å². The van der Waals surface area contributed by atoms with Gasteiger partial charge in [0.2, 0.25) is 0 Å². The summed E-state index contributed by atoms with van der Waals surface area (Å²) >= 11 is 12.3.